The van der Waals surface area contributed by atoms with Crippen LogP contribution in [0.1, 0.15) is 38.7 Å². The summed E-state index contributed by atoms with van der Waals surface area (Å²) in [4.78, 5) is 14.0. The normalized spacial score (nSPS) is 16.4. The van der Waals surface area contributed by atoms with Gasteiger partial charge in [-0.05, 0) is 30.2 Å². The smallest absolute Gasteiger partial charge is 0.222 e. The average Bonchev–Trinajstić information content (AvgIpc) is 2.48. The molecular formula is C18H27NO2. The van der Waals surface area contributed by atoms with Gasteiger partial charge in [-0.25, -0.2) is 0 Å². The van der Waals surface area contributed by atoms with E-state index in [1.54, 1.807) is 0 Å². The van der Waals surface area contributed by atoms with Crippen LogP contribution in [0.15, 0.2) is 30.3 Å². The number of rotatable bonds is 6. The first kappa shape index (κ1) is 16.0. The number of carbonyl (C=O) groups excluding carboxylic acids is 1. The number of nitrogens with zero attached hydrogens (tertiary/aromatic N) is 1. The van der Waals surface area contributed by atoms with Gasteiger partial charge in [-0.1, -0.05) is 44.2 Å². The van der Waals surface area contributed by atoms with Gasteiger partial charge in [0.2, 0.25) is 5.91 Å². The molecule has 116 valence electrons. The molecule has 0 bridgehead atoms. The Balaban J connectivity index is 1.64. The van der Waals surface area contributed by atoms with Gasteiger partial charge in [0, 0.05) is 26.1 Å². The molecule has 1 aliphatic heterocycles. The van der Waals surface area contributed by atoms with Crippen molar-refractivity contribution >= 4 is 5.91 Å². The lowest BCUT2D eigenvalue weighted by molar-refractivity contribution is -0.133. The van der Waals surface area contributed by atoms with Gasteiger partial charge in [-0.3, -0.25) is 4.79 Å². The van der Waals surface area contributed by atoms with Gasteiger partial charge in [-0.15, -0.1) is 0 Å². The zero-order chi connectivity index (χ0) is 15.1. The molecule has 0 radical (unpaired) electrons. The molecule has 0 atom stereocenters. The van der Waals surface area contributed by atoms with Crippen molar-refractivity contribution in [1.82, 2.24) is 4.90 Å². The molecular weight excluding hydrogens is 262 g/mol. The van der Waals surface area contributed by atoms with Crippen LogP contribution in [0.3, 0.4) is 0 Å². The Morgan fingerprint density at radius 2 is 1.90 bits per heavy atom. The highest BCUT2D eigenvalue weighted by atomic mass is 16.5. The molecule has 0 spiro atoms. The van der Waals surface area contributed by atoms with Crippen molar-refractivity contribution in [2.24, 2.45) is 11.8 Å². The summed E-state index contributed by atoms with van der Waals surface area (Å²) in [5.41, 5.74) is 1.22. The number of amides is 1. The Bertz CT molecular complexity index is 422. The highest BCUT2D eigenvalue weighted by Crippen LogP contribution is 2.19. The number of ether oxygens (including phenoxy) is 1. The largest absolute Gasteiger partial charge is 0.376 e. The summed E-state index contributed by atoms with van der Waals surface area (Å²) in [7, 11) is 0. The van der Waals surface area contributed by atoms with Crippen molar-refractivity contribution in [2.75, 3.05) is 19.7 Å². The molecule has 1 fully saturated rings. The lowest BCUT2D eigenvalue weighted by atomic mass is 9.97. The summed E-state index contributed by atoms with van der Waals surface area (Å²) in [6, 6.07) is 10.3. The van der Waals surface area contributed by atoms with Crippen molar-refractivity contribution < 1.29 is 9.53 Å². The Morgan fingerprint density at radius 1 is 1.24 bits per heavy atom. The number of hydrogen-bond acceptors (Lipinski definition) is 2. The third-order valence-electron chi connectivity index (χ3n) is 4.02. The van der Waals surface area contributed by atoms with Gasteiger partial charge >= 0.3 is 0 Å². The SMILES string of the molecule is CC(C)CC(=O)N1CCC(COCc2ccccc2)CC1. The summed E-state index contributed by atoms with van der Waals surface area (Å²) >= 11 is 0. The highest BCUT2D eigenvalue weighted by molar-refractivity contribution is 5.76. The predicted octanol–water partition coefficient (Wildman–Crippen LogP) is 3.49. The van der Waals surface area contributed by atoms with E-state index in [1.807, 2.05) is 23.1 Å². The fourth-order valence-electron chi connectivity index (χ4n) is 2.75. The topological polar surface area (TPSA) is 29.5 Å². The van der Waals surface area contributed by atoms with Gasteiger partial charge in [0.15, 0.2) is 0 Å². The first-order chi connectivity index (χ1) is 10.1. The Kier molecular flexibility index (Phi) is 6.24. The predicted molar refractivity (Wildman–Crippen MR) is 84.9 cm³/mol. The summed E-state index contributed by atoms with van der Waals surface area (Å²) in [6.07, 6.45) is 2.81. The maximum atomic E-state index is 12.0. The van der Waals surface area contributed by atoms with Gasteiger partial charge in [0.05, 0.1) is 6.61 Å². The molecule has 1 aromatic carbocycles. The average molecular weight is 289 g/mol. The second-order valence-electron chi connectivity index (χ2n) is 6.42. The zero-order valence-corrected chi connectivity index (χ0v) is 13.3. The second-order valence-corrected chi connectivity index (χ2v) is 6.42. The molecule has 0 aromatic heterocycles. The minimum Gasteiger partial charge on any atom is -0.376 e. The molecule has 2 rings (SSSR count). The van der Waals surface area contributed by atoms with Crippen molar-refractivity contribution in [2.45, 2.75) is 39.7 Å². The highest BCUT2D eigenvalue weighted by Gasteiger charge is 2.23. The Labute approximate surface area is 128 Å². The van der Waals surface area contributed by atoms with Gasteiger partial charge in [0.25, 0.3) is 0 Å². The van der Waals surface area contributed by atoms with E-state index < -0.39 is 0 Å². The van der Waals surface area contributed by atoms with Crippen molar-refractivity contribution in [3.8, 4) is 0 Å². The van der Waals surface area contributed by atoms with E-state index in [0.29, 0.717) is 30.8 Å². The van der Waals surface area contributed by atoms with E-state index >= 15 is 0 Å². The lowest BCUT2D eigenvalue weighted by Gasteiger charge is -2.32. The van der Waals surface area contributed by atoms with Crippen LogP contribution in [-0.4, -0.2) is 30.5 Å². The maximum Gasteiger partial charge on any atom is 0.222 e. The molecule has 3 nitrogen and oxygen atoms in total. The summed E-state index contributed by atoms with van der Waals surface area (Å²) in [5.74, 6) is 1.36. The number of carbonyl (C=O) groups is 1. The summed E-state index contributed by atoms with van der Waals surface area (Å²) in [6.45, 7) is 7.48. The molecule has 1 heterocycles. The molecule has 0 aliphatic carbocycles. The second kappa shape index (κ2) is 8.18. The molecule has 0 N–H and O–H groups in total. The minimum absolute atomic E-state index is 0.314. The quantitative estimate of drug-likeness (QED) is 0.802. The van der Waals surface area contributed by atoms with Crippen LogP contribution >= 0.6 is 0 Å². The fourth-order valence-corrected chi connectivity index (χ4v) is 2.75. The van der Waals surface area contributed by atoms with Crippen LogP contribution in [0.5, 0.6) is 0 Å². The fraction of sp³-hybridized carbons (Fsp3) is 0.611. The van der Waals surface area contributed by atoms with E-state index in [-0.39, 0.29) is 0 Å². The monoisotopic (exact) mass is 289 g/mol. The van der Waals surface area contributed by atoms with Crippen LogP contribution in [0, 0.1) is 11.8 Å². The Morgan fingerprint density at radius 3 is 2.52 bits per heavy atom. The van der Waals surface area contributed by atoms with E-state index in [2.05, 4.69) is 26.0 Å². The molecule has 1 aromatic rings. The van der Waals surface area contributed by atoms with Crippen molar-refractivity contribution in [3.63, 3.8) is 0 Å². The molecule has 3 heteroatoms. The zero-order valence-electron chi connectivity index (χ0n) is 13.3. The molecule has 21 heavy (non-hydrogen) atoms. The summed E-state index contributed by atoms with van der Waals surface area (Å²) in [5, 5.41) is 0. The van der Waals surface area contributed by atoms with E-state index in [4.69, 9.17) is 4.74 Å². The molecule has 0 saturated carbocycles. The molecule has 1 aliphatic rings. The van der Waals surface area contributed by atoms with Crippen LogP contribution in [0.2, 0.25) is 0 Å². The number of hydrogen-bond donors (Lipinski definition) is 0. The molecule has 1 amide bonds. The summed E-state index contributed by atoms with van der Waals surface area (Å²) < 4.78 is 5.82. The maximum absolute atomic E-state index is 12.0. The van der Waals surface area contributed by atoms with Gasteiger partial charge in [0.1, 0.15) is 0 Å². The standard InChI is InChI=1S/C18H27NO2/c1-15(2)12-18(20)19-10-8-17(9-11-19)14-21-13-16-6-4-3-5-7-16/h3-7,15,17H,8-14H2,1-2H3. The van der Waals surface area contributed by atoms with Crippen molar-refractivity contribution in [1.29, 1.82) is 0 Å². The third-order valence-corrected chi connectivity index (χ3v) is 4.02. The van der Waals surface area contributed by atoms with E-state index in [0.717, 1.165) is 32.5 Å². The lowest BCUT2D eigenvalue weighted by Crippen LogP contribution is -2.39. The number of likely N-dealkylation sites (tertiary alicyclic amines) is 1. The van der Waals surface area contributed by atoms with E-state index in [9.17, 15) is 4.79 Å². The number of benzene rings is 1. The van der Waals surface area contributed by atoms with Crippen LogP contribution in [-0.2, 0) is 16.1 Å². The first-order valence-corrected chi connectivity index (χ1v) is 8.04. The van der Waals surface area contributed by atoms with E-state index in [1.165, 1.54) is 5.56 Å². The van der Waals surface area contributed by atoms with Gasteiger partial charge < -0.3 is 9.64 Å². The van der Waals surface area contributed by atoms with Crippen molar-refractivity contribution in [3.05, 3.63) is 35.9 Å². The molecule has 1 saturated heterocycles. The third kappa shape index (κ3) is 5.50. The first-order valence-electron chi connectivity index (χ1n) is 8.04. The van der Waals surface area contributed by atoms with Crippen LogP contribution < -0.4 is 0 Å². The van der Waals surface area contributed by atoms with Crippen LogP contribution in [0.25, 0.3) is 0 Å². The Hall–Kier alpha value is -1.35. The van der Waals surface area contributed by atoms with Gasteiger partial charge in [-0.2, -0.15) is 0 Å². The minimum atomic E-state index is 0.314. The number of piperidine rings is 1. The van der Waals surface area contributed by atoms with Crippen LogP contribution in [0.4, 0.5) is 0 Å². The molecule has 0 unspecified atom stereocenters.